The van der Waals surface area contributed by atoms with Gasteiger partial charge in [0.15, 0.2) is 0 Å². The Labute approximate surface area is 90.0 Å². The molecular formula is C8H12F3N5. The maximum absolute atomic E-state index is 12.3. The lowest BCUT2D eigenvalue weighted by atomic mass is 10.2. The van der Waals surface area contributed by atoms with Gasteiger partial charge in [-0.1, -0.05) is 0 Å². The zero-order valence-corrected chi connectivity index (χ0v) is 8.67. The van der Waals surface area contributed by atoms with Gasteiger partial charge in [0, 0.05) is 25.7 Å². The maximum Gasteiger partial charge on any atom is 0.451 e. The van der Waals surface area contributed by atoms with E-state index in [1.165, 1.54) is 0 Å². The molecule has 2 N–H and O–H groups in total. The van der Waals surface area contributed by atoms with Crippen molar-refractivity contribution in [2.45, 2.75) is 19.1 Å². The van der Waals surface area contributed by atoms with E-state index in [0.29, 0.717) is 13.1 Å². The number of H-pyrrole nitrogens is 1. The third kappa shape index (κ3) is 2.26. The Morgan fingerprint density at radius 3 is 2.75 bits per heavy atom. The number of nitrogens with zero attached hydrogens (tertiary/aromatic N) is 3. The molecule has 0 amide bonds. The minimum atomic E-state index is -4.47. The van der Waals surface area contributed by atoms with Gasteiger partial charge in [0.05, 0.1) is 0 Å². The zero-order chi connectivity index (χ0) is 11.8. The van der Waals surface area contributed by atoms with Crippen LogP contribution in [0.2, 0.25) is 0 Å². The number of piperazine rings is 1. The fraction of sp³-hybridized carbons (Fsp3) is 0.750. The number of anilines is 1. The Kier molecular flexibility index (Phi) is 2.75. The molecule has 0 aromatic carbocycles. The van der Waals surface area contributed by atoms with Crippen molar-refractivity contribution >= 4 is 5.95 Å². The Hall–Kier alpha value is -1.31. The molecular weight excluding hydrogens is 223 g/mol. The molecule has 8 heteroatoms. The van der Waals surface area contributed by atoms with Crippen molar-refractivity contribution in [3.8, 4) is 0 Å². The van der Waals surface area contributed by atoms with Gasteiger partial charge in [-0.3, -0.25) is 5.10 Å². The summed E-state index contributed by atoms with van der Waals surface area (Å²) in [4.78, 5) is 5.18. The summed E-state index contributed by atoms with van der Waals surface area (Å²) in [5, 5.41) is 8.68. The van der Waals surface area contributed by atoms with Crippen LogP contribution in [0.1, 0.15) is 12.7 Å². The SMILES string of the molecule is C[C@@H]1CN(c2n[nH]c(C(F)(F)F)n2)CCN1. The predicted octanol–water partition coefficient (Wildman–Crippen LogP) is 0.622. The van der Waals surface area contributed by atoms with Gasteiger partial charge in [-0.25, -0.2) is 0 Å². The van der Waals surface area contributed by atoms with E-state index in [9.17, 15) is 13.2 Å². The molecule has 2 rings (SSSR count). The molecule has 0 aliphatic carbocycles. The van der Waals surface area contributed by atoms with Crippen molar-refractivity contribution in [3.05, 3.63) is 5.82 Å². The number of hydrogen-bond donors (Lipinski definition) is 2. The van der Waals surface area contributed by atoms with Crippen molar-refractivity contribution in [3.63, 3.8) is 0 Å². The minimum absolute atomic E-state index is 0.112. The van der Waals surface area contributed by atoms with Gasteiger partial charge in [-0.2, -0.15) is 18.2 Å². The Bertz CT molecular complexity index is 361. The van der Waals surface area contributed by atoms with Crippen LogP contribution in [0.4, 0.5) is 19.1 Å². The molecule has 0 bridgehead atoms. The van der Waals surface area contributed by atoms with Crippen LogP contribution in [-0.2, 0) is 6.18 Å². The lowest BCUT2D eigenvalue weighted by Gasteiger charge is -2.30. The summed E-state index contributed by atoms with van der Waals surface area (Å²) < 4.78 is 36.8. The average molecular weight is 235 g/mol. The first kappa shape index (κ1) is 11.2. The third-order valence-electron chi connectivity index (χ3n) is 2.39. The lowest BCUT2D eigenvalue weighted by molar-refractivity contribution is -0.144. The summed E-state index contributed by atoms with van der Waals surface area (Å²) in [6, 6.07) is 0.224. The van der Waals surface area contributed by atoms with Crippen LogP contribution in [0.5, 0.6) is 0 Å². The van der Waals surface area contributed by atoms with E-state index in [-0.39, 0.29) is 12.0 Å². The summed E-state index contributed by atoms with van der Waals surface area (Å²) in [6.45, 7) is 3.90. The summed E-state index contributed by atoms with van der Waals surface area (Å²) >= 11 is 0. The molecule has 1 aliphatic heterocycles. The van der Waals surface area contributed by atoms with Crippen LogP contribution in [0, 0.1) is 0 Å². The summed E-state index contributed by atoms with van der Waals surface area (Å²) in [5.74, 6) is -0.936. The fourth-order valence-electron chi connectivity index (χ4n) is 1.64. The van der Waals surface area contributed by atoms with Crippen LogP contribution < -0.4 is 10.2 Å². The van der Waals surface area contributed by atoms with Crippen molar-refractivity contribution in [2.75, 3.05) is 24.5 Å². The van der Waals surface area contributed by atoms with Gasteiger partial charge >= 0.3 is 6.18 Å². The molecule has 90 valence electrons. The standard InChI is InChI=1S/C8H12F3N5/c1-5-4-16(3-2-12-5)7-13-6(14-15-7)8(9,10)11/h5,12H,2-4H2,1H3,(H,13,14,15)/t5-/m1/s1. The summed E-state index contributed by atoms with van der Waals surface area (Å²) in [7, 11) is 0. The first-order valence-electron chi connectivity index (χ1n) is 4.95. The van der Waals surface area contributed by atoms with E-state index < -0.39 is 12.0 Å². The van der Waals surface area contributed by atoms with Crippen LogP contribution in [0.25, 0.3) is 0 Å². The molecule has 1 fully saturated rings. The van der Waals surface area contributed by atoms with Gasteiger partial charge in [0.1, 0.15) is 0 Å². The molecule has 0 unspecified atom stereocenters. The predicted molar refractivity (Wildman–Crippen MR) is 51.1 cm³/mol. The molecule has 5 nitrogen and oxygen atoms in total. The lowest BCUT2D eigenvalue weighted by Crippen LogP contribution is -2.49. The number of nitrogens with one attached hydrogen (secondary N) is 2. The average Bonchev–Trinajstić information content (AvgIpc) is 2.65. The number of rotatable bonds is 1. The van der Waals surface area contributed by atoms with E-state index in [4.69, 9.17) is 0 Å². The van der Waals surface area contributed by atoms with Gasteiger partial charge in [-0.05, 0) is 6.92 Å². The molecule has 1 aromatic rings. The van der Waals surface area contributed by atoms with Crippen LogP contribution >= 0.6 is 0 Å². The van der Waals surface area contributed by atoms with Crippen molar-refractivity contribution in [2.24, 2.45) is 0 Å². The molecule has 1 aromatic heterocycles. The highest BCUT2D eigenvalue weighted by Gasteiger charge is 2.36. The van der Waals surface area contributed by atoms with Crippen LogP contribution in [0.15, 0.2) is 0 Å². The molecule has 1 saturated heterocycles. The number of alkyl halides is 3. The van der Waals surface area contributed by atoms with Gasteiger partial charge in [-0.15, -0.1) is 5.10 Å². The number of halogens is 3. The molecule has 0 radical (unpaired) electrons. The van der Waals surface area contributed by atoms with Gasteiger partial charge in [0.2, 0.25) is 11.8 Å². The fourth-order valence-corrected chi connectivity index (χ4v) is 1.64. The number of aromatic amines is 1. The highest BCUT2D eigenvalue weighted by Crippen LogP contribution is 2.27. The maximum atomic E-state index is 12.3. The second kappa shape index (κ2) is 3.93. The van der Waals surface area contributed by atoms with E-state index in [1.807, 2.05) is 12.0 Å². The Morgan fingerprint density at radius 1 is 1.44 bits per heavy atom. The normalized spacial score (nSPS) is 22.5. The molecule has 0 saturated carbocycles. The molecule has 2 heterocycles. The first-order chi connectivity index (χ1) is 7.47. The third-order valence-corrected chi connectivity index (χ3v) is 2.39. The number of aromatic nitrogens is 3. The molecule has 1 atom stereocenters. The van der Waals surface area contributed by atoms with Gasteiger partial charge < -0.3 is 10.2 Å². The largest absolute Gasteiger partial charge is 0.451 e. The number of hydrogen-bond acceptors (Lipinski definition) is 4. The minimum Gasteiger partial charge on any atom is -0.337 e. The second-order valence-electron chi connectivity index (χ2n) is 3.78. The summed E-state index contributed by atoms with van der Waals surface area (Å²) in [5.41, 5.74) is 0. The van der Waals surface area contributed by atoms with E-state index in [0.717, 1.165) is 6.54 Å². The second-order valence-corrected chi connectivity index (χ2v) is 3.78. The van der Waals surface area contributed by atoms with Crippen molar-refractivity contribution < 1.29 is 13.2 Å². The smallest absolute Gasteiger partial charge is 0.337 e. The Morgan fingerprint density at radius 2 is 2.19 bits per heavy atom. The van der Waals surface area contributed by atoms with E-state index in [1.54, 1.807) is 4.90 Å². The van der Waals surface area contributed by atoms with Crippen molar-refractivity contribution in [1.29, 1.82) is 0 Å². The summed E-state index contributed by atoms with van der Waals surface area (Å²) in [6.07, 6.45) is -4.47. The van der Waals surface area contributed by atoms with Crippen LogP contribution in [-0.4, -0.2) is 40.9 Å². The van der Waals surface area contributed by atoms with Crippen LogP contribution in [0.3, 0.4) is 0 Å². The highest BCUT2D eigenvalue weighted by atomic mass is 19.4. The first-order valence-corrected chi connectivity index (χ1v) is 4.95. The topological polar surface area (TPSA) is 56.8 Å². The Balaban J connectivity index is 2.12. The van der Waals surface area contributed by atoms with Crippen molar-refractivity contribution in [1.82, 2.24) is 20.5 Å². The highest BCUT2D eigenvalue weighted by molar-refractivity contribution is 5.30. The van der Waals surface area contributed by atoms with E-state index >= 15 is 0 Å². The zero-order valence-electron chi connectivity index (χ0n) is 8.67. The monoisotopic (exact) mass is 235 g/mol. The molecule has 16 heavy (non-hydrogen) atoms. The molecule has 1 aliphatic rings. The van der Waals surface area contributed by atoms with Gasteiger partial charge in [0.25, 0.3) is 0 Å². The quantitative estimate of drug-likeness (QED) is 0.749. The van der Waals surface area contributed by atoms with E-state index in [2.05, 4.69) is 15.4 Å². The molecule has 0 spiro atoms.